The molecule has 3 heteroatoms. The van der Waals surface area contributed by atoms with Gasteiger partial charge in [0.05, 0.1) is 6.42 Å². The second-order valence-corrected chi connectivity index (χ2v) is 6.25. The van der Waals surface area contributed by atoms with Gasteiger partial charge < -0.3 is 9.88 Å². The van der Waals surface area contributed by atoms with Crippen LogP contribution in [-0.4, -0.2) is 22.3 Å². The minimum atomic E-state index is 0.188. The third-order valence-electron chi connectivity index (χ3n) is 4.42. The zero-order valence-corrected chi connectivity index (χ0v) is 14.4. The summed E-state index contributed by atoms with van der Waals surface area (Å²) in [5.41, 5.74) is 4.48. The van der Waals surface area contributed by atoms with Crippen LogP contribution in [0.4, 0.5) is 0 Å². The van der Waals surface area contributed by atoms with Crippen LogP contribution in [0, 0.1) is 6.92 Å². The molecular formula is C21H24N2O. The van der Waals surface area contributed by atoms with E-state index < -0.39 is 0 Å². The van der Waals surface area contributed by atoms with Gasteiger partial charge in [-0.3, -0.25) is 4.79 Å². The van der Waals surface area contributed by atoms with Crippen molar-refractivity contribution in [1.29, 1.82) is 0 Å². The first-order valence-electron chi connectivity index (χ1n) is 8.57. The smallest absolute Gasteiger partial charge is 0.227 e. The number of amides is 1. The number of aromatic amines is 1. The maximum absolute atomic E-state index is 12.9. The number of H-pyrrole nitrogens is 1. The van der Waals surface area contributed by atoms with E-state index in [0.29, 0.717) is 13.0 Å². The lowest BCUT2D eigenvalue weighted by molar-refractivity contribution is -0.131. The molecule has 0 fully saturated rings. The number of benzene rings is 2. The molecule has 2 aromatic carbocycles. The molecule has 3 aromatic rings. The molecule has 0 unspecified atom stereocenters. The topological polar surface area (TPSA) is 36.1 Å². The molecule has 1 N–H and O–H groups in total. The fraction of sp³-hybridized carbons (Fsp3) is 0.286. The van der Waals surface area contributed by atoms with Gasteiger partial charge in [0, 0.05) is 29.7 Å². The highest BCUT2D eigenvalue weighted by molar-refractivity contribution is 5.90. The van der Waals surface area contributed by atoms with Gasteiger partial charge in [0.2, 0.25) is 5.91 Å². The summed E-state index contributed by atoms with van der Waals surface area (Å²) in [4.78, 5) is 18.3. The molecule has 0 bridgehead atoms. The van der Waals surface area contributed by atoms with E-state index in [0.717, 1.165) is 35.1 Å². The van der Waals surface area contributed by atoms with Gasteiger partial charge in [-0.05, 0) is 30.5 Å². The molecule has 3 rings (SSSR count). The van der Waals surface area contributed by atoms with Gasteiger partial charge in [-0.25, -0.2) is 0 Å². The van der Waals surface area contributed by atoms with E-state index >= 15 is 0 Å². The van der Waals surface area contributed by atoms with Gasteiger partial charge in [0.25, 0.3) is 0 Å². The van der Waals surface area contributed by atoms with Crippen LogP contribution in [0.2, 0.25) is 0 Å². The zero-order chi connectivity index (χ0) is 16.9. The summed E-state index contributed by atoms with van der Waals surface area (Å²) in [6.45, 7) is 5.62. The molecule has 0 saturated carbocycles. The Morgan fingerprint density at radius 1 is 1.04 bits per heavy atom. The molecule has 0 aliphatic rings. The number of carbonyl (C=O) groups is 1. The molecule has 0 spiro atoms. The van der Waals surface area contributed by atoms with Crippen LogP contribution in [-0.2, 0) is 17.8 Å². The van der Waals surface area contributed by atoms with Crippen LogP contribution in [0.15, 0.2) is 54.6 Å². The second kappa shape index (κ2) is 7.35. The Morgan fingerprint density at radius 2 is 1.75 bits per heavy atom. The molecule has 0 aliphatic heterocycles. The Morgan fingerprint density at radius 3 is 2.50 bits per heavy atom. The first kappa shape index (κ1) is 16.3. The third kappa shape index (κ3) is 3.51. The Labute approximate surface area is 143 Å². The number of hydrogen-bond acceptors (Lipinski definition) is 1. The largest absolute Gasteiger partial charge is 0.358 e. The Hall–Kier alpha value is -2.55. The summed E-state index contributed by atoms with van der Waals surface area (Å²) in [7, 11) is 0. The van der Waals surface area contributed by atoms with Crippen LogP contribution >= 0.6 is 0 Å². The van der Waals surface area contributed by atoms with Crippen LogP contribution in [0.1, 0.15) is 30.2 Å². The predicted octanol–water partition coefficient (Wildman–Crippen LogP) is 4.46. The summed E-state index contributed by atoms with van der Waals surface area (Å²) in [5, 5.41) is 1.15. The van der Waals surface area contributed by atoms with E-state index in [4.69, 9.17) is 0 Å². The fourth-order valence-electron chi connectivity index (χ4n) is 3.19. The number of carbonyl (C=O) groups excluding carboxylic acids is 1. The second-order valence-electron chi connectivity index (χ2n) is 6.25. The molecule has 0 aliphatic carbocycles. The monoisotopic (exact) mass is 320 g/mol. The summed E-state index contributed by atoms with van der Waals surface area (Å²) < 4.78 is 0. The summed E-state index contributed by atoms with van der Waals surface area (Å²) in [5.74, 6) is 0.188. The molecule has 0 radical (unpaired) electrons. The van der Waals surface area contributed by atoms with Crippen LogP contribution in [0.3, 0.4) is 0 Å². The van der Waals surface area contributed by atoms with Crippen molar-refractivity contribution < 1.29 is 4.79 Å². The van der Waals surface area contributed by atoms with E-state index in [1.807, 2.05) is 42.2 Å². The number of nitrogens with zero attached hydrogens (tertiary/aromatic N) is 1. The number of rotatable bonds is 6. The third-order valence-corrected chi connectivity index (χ3v) is 4.42. The van der Waals surface area contributed by atoms with Crippen LogP contribution < -0.4 is 0 Å². The number of nitrogens with one attached hydrogen (secondary N) is 1. The molecular weight excluding hydrogens is 296 g/mol. The lowest BCUT2D eigenvalue weighted by Gasteiger charge is -2.22. The number of hydrogen-bond donors (Lipinski definition) is 1. The number of para-hydroxylation sites is 1. The molecule has 1 heterocycles. The normalized spacial score (nSPS) is 10.9. The van der Waals surface area contributed by atoms with Crippen molar-refractivity contribution in [3.63, 3.8) is 0 Å². The maximum atomic E-state index is 12.9. The van der Waals surface area contributed by atoms with Crippen molar-refractivity contribution in [2.75, 3.05) is 6.54 Å². The van der Waals surface area contributed by atoms with Crippen molar-refractivity contribution in [1.82, 2.24) is 9.88 Å². The lowest BCUT2D eigenvalue weighted by atomic mass is 10.1. The summed E-state index contributed by atoms with van der Waals surface area (Å²) in [6.07, 6.45) is 1.41. The first-order valence-corrected chi connectivity index (χ1v) is 8.57. The van der Waals surface area contributed by atoms with Crippen LogP contribution in [0.5, 0.6) is 0 Å². The SMILES string of the molecule is CCCN(Cc1ccccc1)C(=O)Cc1c(C)[nH]c2ccccc12. The summed E-state index contributed by atoms with van der Waals surface area (Å²) in [6, 6.07) is 18.4. The Bertz CT molecular complexity index is 820. The van der Waals surface area contributed by atoms with Crippen molar-refractivity contribution in [3.05, 3.63) is 71.4 Å². The maximum Gasteiger partial charge on any atom is 0.227 e. The molecule has 1 aromatic heterocycles. The first-order chi connectivity index (χ1) is 11.7. The summed E-state index contributed by atoms with van der Waals surface area (Å²) >= 11 is 0. The van der Waals surface area contributed by atoms with Crippen molar-refractivity contribution in [2.45, 2.75) is 33.2 Å². The van der Waals surface area contributed by atoms with Gasteiger partial charge in [0.15, 0.2) is 0 Å². The minimum Gasteiger partial charge on any atom is -0.358 e. The van der Waals surface area contributed by atoms with E-state index in [2.05, 4.69) is 36.2 Å². The van der Waals surface area contributed by atoms with E-state index in [9.17, 15) is 4.79 Å². The number of aryl methyl sites for hydroxylation is 1. The quantitative estimate of drug-likeness (QED) is 0.715. The van der Waals surface area contributed by atoms with Crippen molar-refractivity contribution >= 4 is 16.8 Å². The average molecular weight is 320 g/mol. The van der Waals surface area contributed by atoms with Gasteiger partial charge in [-0.15, -0.1) is 0 Å². The van der Waals surface area contributed by atoms with Gasteiger partial charge in [-0.1, -0.05) is 55.5 Å². The number of aromatic nitrogens is 1. The average Bonchev–Trinajstić information content (AvgIpc) is 2.91. The molecule has 0 saturated heterocycles. The van der Waals surface area contributed by atoms with Crippen molar-refractivity contribution in [3.8, 4) is 0 Å². The highest BCUT2D eigenvalue weighted by Crippen LogP contribution is 2.23. The molecule has 1 amide bonds. The zero-order valence-electron chi connectivity index (χ0n) is 14.4. The molecule has 3 nitrogen and oxygen atoms in total. The fourth-order valence-corrected chi connectivity index (χ4v) is 3.19. The molecule has 24 heavy (non-hydrogen) atoms. The molecule has 0 atom stereocenters. The van der Waals surface area contributed by atoms with E-state index in [1.165, 1.54) is 5.56 Å². The highest BCUT2D eigenvalue weighted by atomic mass is 16.2. The number of fused-ring (bicyclic) bond motifs is 1. The van der Waals surface area contributed by atoms with Gasteiger partial charge in [0.1, 0.15) is 0 Å². The molecule has 124 valence electrons. The van der Waals surface area contributed by atoms with Crippen LogP contribution in [0.25, 0.3) is 10.9 Å². The van der Waals surface area contributed by atoms with Gasteiger partial charge >= 0.3 is 0 Å². The Kier molecular flexibility index (Phi) is 4.99. The van der Waals surface area contributed by atoms with Gasteiger partial charge in [-0.2, -0.15) is 0 Å². The Balaban J connectivity index is 1.81. The van der Waals surface area contributed by atoms with Crippen molar-refractivity contribution in [2.24, 2.45) is 0 Å². The highest BCUT2D eigenvalue weighted by Gasteiger charge is 2.17. The lowest BCUT2D eigenvalue weighted by Crippen LogP contribution is -2.32. The predicted molar refractivity (Wildman–Crippen MR) is 98.9 cm³/mol. The standard InChI is InChI=1S/C21H24N2O/c1-3-13-23(15-17-9-5-4-6-10-17)21(24)14-19-16(2)22-20-12-8-7-11-18(19)20/h4-12,22H,3,13-15H2,1-2H3. The van der Waals surface area contributed by atoms with E-state index in [-0.39, 0.29) is 5.91 Å². The minimum absolute atomic E-state index is 0.188. The van der Waals surface area contributed by atoms with E-state index in [1.54, 1.807) is 0 Å².